The lowest BCUT2D eigenvalue weighted by atomic mass is 10.2. The van der Waals surface area contributed by atoms with Gasteiger partial charge in [-0.15, -0.1) is 0 Å². The van der Waals surface area contributed by atoms with Crippen molar-refractivity contribution in [3.63, 3.8) is 0 Å². The van der Waals surface area contributed by atoms with Crippen LogP contribution in [0, 0.1) is 0 Å². The Kier molecular flexibility index (Phi) is 3.99. The summed E-state index contributed by atoms with van der Waals surface area (Å²) in [5.41, 5.74) is 0.364. The Labute approximate surface area is 102 Å². The average molecular weight is 237 g/mol. The first-order chi connectivity index (χ1) is 7.78. The van der Waals surface area contributed by atoms with E-state index in [1.165, 1.54) is 4.90 Å². The molecule has 0 bridgehead atoms. The van der Waals surface area contributed by atoms with Crippen LogP contribution >= 0.6 is 0 Å². The van der Waals surface area contributed by atoms with Gasteiger partial charge in [0.25, 0.3) is 0 Å². The summed E-state index contributed by atoms with van der Waals surface area (Å²) < 4.78 is 5.23. The fourth-order valence-corrected chi connectivity index (χ4v) is 1.33. The van der Waals surface area contributed by atoms with Crippen molar-refractivity contribution in [1.29, 1.82) is 0 Å². The van der Waals surface area contributed by atoms with Gasteiger partial charge in [0.2, 0.25) is 0 Å². The maximum Gasteiger partial charge on any atom is 0.410 e. The Bertz CT molecular complexity index is 396. The smallest absolute Gasteiger partial charge is 0.410 e. The van der Waals surface area contributed by atoms with Gasteiger partial charge in [0.1, 0.15) is 11.4 Å². The number of benzene rings is 1. The first kappa shape index (κ1) is 13.4. The molecule has 0 unspecified atom stereocenters. The fourth-order valence-electron chi connectivity index (χ4n) is 1.33. The Morgan fingerprint density at radius 2 is 2.06 bits per heavy atom. The van der Waals surface area contributed by atoms with Crippen molar-refractivity contribution in [3.8, 4) is 5.75 Å². The van der Waals surface area contributed by atoms with Crippen molar-refractivity contribution in [1.82, 2.24) is 4.90 Å². The highest BCUT2D eigenvalue weighted by Gasteiger charge is 2.19. The maximum atomic E-state index is 11.7. The van der Waals surface area contributed by atoms with Gasteiger partial charge in [-0.05, 0) is 38.5 Å². The van der Waals surface area contributed by atoms with Crippen LogP contribution in [-0.4, -0.2) is 28.7 Å². The standard InChI is InChI=1S/C13H19NO3/c1-13(2,3)17-12(16)14(4)9-10-6-5-7-11(15)8-10/h5-8,15H,9H2,1-4H3. The van der Waals surface area contributed by atoms with Gasteiger partial charge in [-0.2, -0.15) is 0 Å². The fraction of sp³-hybridized carbons (Fsp3) is 0.462. The molecule has 0 spiro atoms. The molecule has 4 heteroatoms. The minimum atomic E-state index is -0.496. The van der Waals surface area contributed by atoms with Gasteiger partial charge in [-0.1, -0.05) is 12.1 Å². The number of hydrogen-bond donors (Lipinski definition) is 1. The van der Waals surface area contributed by atoms with Crippen molar-refractivity contribution < 1.29 is 14.6 Å². The van der Waals surface area contributed by atoms with Crippen LogP contribution in [0.15, 0.2) is 24.3 Å². The quantitative estimate of drug-likeness (QED) is 0.860. The van der Waals surface area contributed by atoms with Crippen molar-refractivity contribution >= 4 is 6.09 Å². The second-order valence-corrected chi connectivity index (χ2v) is 5.01. The number of nitrogens with zero attached hydrogens (tertiary/aromatic N) is 1. The third kappa shape index (κ3) is 4.76. The molecule has 17 heavy (non-hydrogen) atoms. The molecule has 1 aromatic carbocycles. The summed E-state index contributed by atoms with van der Waals surface area (Å²) in [7, 11) is 1.66. The number of aromatic hydroxyl groups is 1. The molecule has 1 aromatic rings. The molecule has 0 aliphatic rings. The lowest BCUT2D eigenvalue weighted by Crippen LogP contribution is -2.33. The van der Waals surface area contributed by atoms with Crippen LogP contribution in [0.3, 0.4) is 0 Å². The van der Waals surface area contributed by atoms with Gasteiger partial charge in [0, 0.05) is 13.6 Å². The zero-order chi connectivity index (χ0) is 13.1. The van der Waals surface area contributed by atoms with Crippen LogP contribution in [0.2, 0.25) is 0 Å². The third-order valence-corrected chi connectivity index (χ3v) is 2.04. The molecule has 0 saturated heterocycles. The lowest BCUT2D eigenvalue weighted by molar-refractivity contribution is 0.0285. The van der Waals surface area contributed by atoms with Crippen molar-refractivity contribution in [2.75, 3.05) is 7.05 Å². The van der Waals surface area contributed by atoms with Gasteiger partial charge in [0.15, 0.2) is 0 Å². The third-order valence-electron chi connectivity index (χ3n) is 2.04. The zero-order valence-corrected chi connectivity index (χ0v) is 10.7. The van der Waals surface area contributed by atoms with Crippen LogP contribution in [0.25, 0.3) is 0 Å². The maximum absolute atomic E-state index is 11.7. The topological polar surface area (TPSA) is 49.8 Å². The van der Waals surface area contributed by atoms with Gasteiger partial charge >= 0.3 is 6.09 Å². The number of carbonyl (C=O) groups is 1. The second-order valence-electron chi connectivity index (χ2n) is 5.01. The predicted octanol–water partition coefficient (Wildman–Crippen LogP) is 2.76. The molecule has 0 aromatic heterocycles. The van der Waals surface area contributed by atoms with E-state index in [1.54, 1.807) is 25.2 Å². The van der Waals surface area contributed by atoms with Crippen LogP contribution in [0.4, 0.5) is 4.79 Å². The van der Waals surface area contributed by atoms with Gasteiger partial charge in [-0.3, -0.25) is 0 Å². The highest BCUT2D eigenvalue weighted by molar-refractivity contribution is 5.67. The zero-order valence-electron chi connectivity index (χ0n) is 10.7. The van der Waals surface area contributed by atoms with Crippen LogP contribution in [0.1, 0.15) is 26.3 Å². The number of carbonyl (C=O) groups excluding carboxylic acids is 1. The molecule has 0 atom stereocenters. The summed E-state index contributed by atoms with van der Waals surface area (Å²) in [6.45, 7) is 5.89. The Balaban J connectivity index is 2.60. The van der Waals surface area contributed by atoms with E-state index >= 15 is 0 Å². The Morgan fingerprint density at radius 1 is 1.41 bits per heavy atom. The van der Waals surface area contributed by atoms with Gasteiger partial charge in [-0.25, -0.2) is 4.79 Å². The molecule has 0 saturated carbocycles. The van der Waals surface area contributed by atoms with E-state index < -0.39 is 5.60 Å². The average Bonchev–Trinajstić information content (AvgIpc) is 2.14. The van der Waals surface area contributed by atoms with Crippen molar-refractivity contribution in [3.05, 3.63) is 29.8 Å². The molecule has 0 heterocycles. The van der Waals surface area contributed by atoms with E-state index in [2.05, 4.69) is 0 Å². The van der Waals surface area contributed by atoms with Crippen LogP contribution in [-0.2, 0) is 11.3 Å². The van der Waals surface area contributed by atoms with Crippen molar-refractivity contribution in [2.24, 2.45) is 0 Å². The Morgan fingerprint density at radius 3 is 2.59 bits per heavy atom. The molecule has 1 N–H and O–H groups in total. The van der Waals surface area contributed by atoms with E-state index in [1.807, 2.05) is 26.8 Å². The summed E-state index contributed by atoms with van der Waals surface area (Å²) in [6, 6.07) is 6.81. The summed E-state index contributed by atoms with van der Waals surface area (Å²) in [5, 5.41) is 9.32. The number of phenols is 1. The predicted molar refractivity (Wildman–Crippen MR) is 65.8 cm³/mol. The van der Waals surface area contributed by atoms with E-state index in [9.17, 15) is 9.90 Å². The van der Waals surface area contributed by atoms with Crippen LogP contribution in [0.5, 0.6) is 5.75 Å². The SMILES string of the molecule is CN(Cc1cccc(O)c1)C(=O)OC(C)(C)C. The molecule has 0 aliphatic carbocycles. The lowest BCUT2D eigenvalue weighted by Gasteiger charge is -2.24. The summed E-state index contributed by atoms with van der Waals surface area (Å²) in [6.07, 6.45) is -0.374. The second kappa shape index (κ2) is 5.08. The molecular formula is C13H19NO3. The molecule has 0 fully saturated rings. The van der Waals surface area contributed by atoms with Crippen LogP contribution < -0.4 is 0 Å². The summed E-state index contributed by atoms with van der Waals surface area (Å²) >= 11 is 0. The van der Waals surface area contributed by atoms with E-state index in [0.717, 1.165) is 5.56 Å². The number of hydrogen-bond acceptors (Lipinski definition) is 3. The number of rotatable bonds is 2. The molecular weight excluding hydrogens is 218 g/mol. The monoisotopic (exact) mass is 237 g/mol. The van der Waals surface area contributed by atoms with E-state index in [-0.39, 0.29) is 11.8 Å². The number of ether oxygens (including phenoxy) is 1. The first-order valence-electron chi connectivity index (χ1n) is 5.50. The molecule has 94 valence electrons. The highest BCUT2D eigenvalue weighted by atomic mass is 16.6. The summed E-state index contributed by atoms with van der Waals surface area (Å²) in [4.78, 5) is 13.2. The Hall–Kier alpha value is -1.71. The first-order valence-corrected chi connectivity index (χ1v) is 5.50. The number of phenolic OH excluding ortho intramolecular Hbond substituents is 1. The van der Waals surface area contributed by atoms with Gasteiger partial charge in [0.05, 0.1) is 0 Å². The molecule has 0 radical (unpaired) electrons. The minimum Gasteiger partial charge on any atom is -0.508 e. The van der Waals surface area contributed by atoms with Gasteiger partial charge < -0.3 is 14.7 Å². The molecule has 4 nitrogen and oxygen atoms in total. The van der Waals surface area contributed by atoms with E-state index in [0.29, 0.717) is 6.54 Å². The molecule has 1 rings (SSSR count). The highest BCUT2D eigenvalue weighted by Crippen LogP contribution is 2.14. The summed E-state index contributed by atoms with van der Waals surface area (Å²) in [5.74, 6) is 0.195. The molecule has 0 aliphatic heterocycles. The van der Waals surface area contributed by atoms with E-state index in [4.69, 9.17) is 4.74 Å². The minimum absolute atomic E-state index is 0.195. The largest absolute Gasteiger partial charge is 0.508 e. The number of amides is 1. The normalized spacial score (nSPS) is 11.1. The van der Waals surface area contributed by atoms with Crippen molar-refractivity contribution in [2.45, 2.75) is 32.9 Å². The molecule has 1 amide bonds.